The van der Waals surface area contributed by atoms with E-state index in [1.807, 2.05) is 29.0 Å². The van der Waals surface area contributed by atoms with Crippen molar-refractivity contribution in [1.82, 2.24) is 0 Å². The minimum Gasteiger partial charge on any atom is -0.321 e. The summed E-state index contributed by atoms with van der Waals surface area (Å²) in [5, 5.41) is 6.64. The molecular formula is C11H8BrNOS. The van der Waals surface area contributed by atoms with Crippen LogP contribution in [0.1, 0.15) is 10.4 Å². The van der Waals surface area contributed by atoms with E-state index in [9.17, 15) is 4.79 Å². The molecule has 4 heteroatoms. The number of hydrogen-bond donors (Lipinski definition) is 1. The third kappa shape index (κ3) is 2.67. The summed E-state index contributed by atoms with van der Waals surface area (Å²) in [5.74, 6) is -0.0825. The third-order valence-corrected chi connectivity index (χ3v) is 3.10. The Hall–Kier alpha value is -1.13. The lowest BCUT2D eigenvalue weighted by molar-refractivity contribution is 0.102. The molecular weight excluding hydrogens is 274 g/mol. The summed E-state index contributed by atoms with van der Waals surface area (Å²) < 4.78 is 0.967. The van der Waals surface area contributed by atoms with E-state index in [4.69, 9.17) is 0 Å². The molecule has 0 aliphatic rings. The molecule has 0 saturated carbocycles. The van der Waals surface area contributed by atoms with Gasteiger partial charge in [0.25, 0.3) is 5.91 Å². The van der Waals surface area contributed by atoms with Gasteiger partial charge in [-0.15, -0.1) is 0 Å². The number of amides is 1. The minimum absolute atomic E-state index is 0.0825. The molecule has 0 radical (unpaired) electrons. The van der Waals surface area contributed by atoms with E-state index in [0.29, 0.717) is 5.56 Å². The largest absolute Gasteiger partial charge is 0.321 e. The van der Waals surface area contributed by atoms with Crippen molar-refractivity contribution >= 4 is 38.9 Å². The second kappa shape index (κ2) is 4.59. The molecule has 0 bridgehead atoms. The maximum Gasteiger partial charge on any atom is 0.255 e. The number of nitrogens with one attached hydrogen (secondary N) is 1. The molecule has 0 atom stereocenters. The summed E-state index contributed by atoms with van der Waals surface area (Å²) in [7, 11) is 0. The number of benzene rings is 1. The van der Waals surface area contributed by atoms with Gasteiger partial charge in [0.1, 0.15) is 0 Å². The average Bonchev–Trinajstić information content (AvgIpc) is 2.71. The molecule has 0 fully saturated rings. The van der Waals surface area contributed by atoms with Crippen LogP contribution in [0.15, 0.2) is 45.6 Å². The molecule has 1 N–H and O–H groups in total. The van der Waals surface area contributed by atoms with Crippen molar-refractivity contribution in [3.05, 3.63) is 51.1 Å². The molecule has 2 rings (SSSR count). The first-order valence-corrected chi connectivity index (χ1v) is 6.08. The second-order valence-corrected chi connectivity index (χ2v) is 4.67. The number of carbonyl (C=O) groups is 1. The Morgan fingerprint density at radius 2 is 1.93 bits per heavy atom. The summed E-state index contributed by atoms with van der Waals surface area (Å²) >= 11 is 4.88. The van der Waals surface area contributed by atoms with Crippen LogP contribution in [-0.4, -0.2) is 5.91 Å². The van der Waals surface area contributed by atoms with Crippen LogP contribution in [0.4, 0.5) is 5.69 Å². The van der Waals surface area contributed by atoms with Crippen molar-refractivity contribution in [3.8, 4) is 0 Å². The van der Waals surface area contributed by atoms with Gasteiger partial charge in [0.2, 0.25) is 0 Å². The Labute approximate surface area is 100 Å². The van der Waals surface area contributed by atoms with Crippen LogP contribution < -0.4 is 5.32 Å². The van der Waals surface area contributed by atoms with Gasteiger partial charge >= 0.3 is 0 Å². The first kappa shape index (κ1) is 10.4. The van der Waals surface area contributed by atoms with Crippen molar-refractivity contribution < 1.29 is 4.79 Å². The predicted octanol–water partition coefficient (Wildman–Crippen LogP) is 3.76. The number of rotatable bonds is 2. The molecule has 0 aliphatic heterocycles. The highest BCUT2D eigenvalue weighted by Gasteiger charge is 2.05. The molecule has 0 saturated heterocycles. The SMILES string of the molecule is O=C(Nc1ccsc1)c1ccc(Br)cc1. The molecule has 2 aromatic rings. The Morgan fingerprint density at radius 1 is 1.20 bits per heavy atom. The fourth-order valence-corrected chi connectivity index (χ4v) is 1.99. The lowest BCUT2D eigenvalue weighted by atomic mass is 10.2. The first-order valence-electron chi connectivity index (χ1n) is 4.35. The summed E-state index contributed by atoms with van der Waals surface area (Å²) in [6.45, 7) is 0. The summed E-state index contributed by atoms with van der Waals surface area (Å²) in [6.07, 6.45) is 0. The monoisotopic (exact) mass is 281 g/mol. The summed E-state index contributed by atoms with van der Waals surface area (Å²) in [4.78, 5) is 11.7. The van der Waals surface area contributed by atoms with Crippen LogP contribution >= 0.6 is 27.3 Å². The number of carbonyl (C=O) groups excluding carboxylic acids is 1. The van der Waals surface area contributed by atoms with Crippen LogP contribution in [0.25, 0.3) is 0 Å². The molecule has 0 aliphatic carbocycles. The number of anilines is 1. The van der Waals surface area contributed by atoms with Crippen molar-refractivity contribution in [1.29, 1.82) is 0 Å². The highest BCUT2D eigenvalue weighted by molar-refractivity contribution is 9.10. The fourth-order valence-electron chi connectivity index (χ4n) is 1.14. The van der Waals surface area contributed by atoms with Gasteiger partial charge in [-0.05, 0) is 35.7 Å². The van der Waals surface area contributed by atoms with Crippen molar-refractivity contribution in [2.75, 3.05) is 5.32 Å². The summed E-state index contributed by atoms with van der Waals surface area (Å²) in [5.41, 5.74) is 1.50. The minimum atomic E-state index is -0.0825. The van der Waals surface area contributed by atoms with E-state index in [2.05, 4.69) is 21.2 Å². The molecule has 76 valence electrons. The van der Waals surface area contributed by atoms with Crippen molar-refractivity contribution in [2.24, 2.45) is 0 Å². The average molecular weight is 282 g/mol. The molecule has 1 amide bonds. The molecule has 2 nitrogen and oxygen atoms in total. The normalized spacial score (nSPS) is 9.93. The predicted molar refractivity (Wildman–Crippen MR) is 66.4 cm³/mol. The van der Waals surface area contributed by atoms with Crippen LogP contribution in [-0.2, 0) is 0 Å². The zero-order valence-corrected chi connectivity index (χ0v) is 10.1. The van der Waals surface area contributed by atoms with E-state index in [1.54, 1.807) is 23.5 Å². The van der Waals surface area contributed by atoms with Gasteiger partial charge in [0.05, 0.1) is 5.69 Å². The summed E-state index contributed by atoms with van der Waals surface area (Å²) in [6, 6.07) is 9.14. The van der Waals surface area contributed by atoms with E-state index in [0.717, 1.165) is 10.2 Å². The lowest BCUT2D eigenvalue weighted by Gasteiger charge is -2.02. The van der Waals surface area contributed by atoms with Gasteiger partial charge in [0, 0.05) is 15.4 Å². The lowest BCUT2D eigenvalue weighted by Crippen LogP contribution is -2.10. The van der Waals surface area contributed by atoms with Crippen LogP contribution in [0, 0.1) is 0 Å². The number of thiophene rings is 1. The second-order valence-electron chi connectivity index (χ2n) is 2.97. The fraction of sp³-hybridized carbons (Fsp3) is 0. The quantitative estimate of drug-likeness (QED) is 0.892. The molecule has 1 heterocycles. The van der Waals surface area contributed by atoms with Crippen LogP contribution in [0.5, 0.6) is 0 Å². The van der Waals surface area contributed by atoms with Crippen molar-refractivity contribution in [3.63, 3.8) is 0 Å². The Bertz CT molecular complexity index is 450. The van der Waals surface area contributed by atoms with E-state index >= 15 is 0 Å². The highest BCUT2D eigenvalue weighted by Crippen LogP contribution is 2.15. The Kier molecular flexibility index (Phi) is 3.18. The zero-order valence-electron chi connectivity index (χ0n) is 7.74. The third-order valence-electron chi connectivity index (χ3n) is 1.89. The van der Waals surface area contributed by atoms with Gasteiger partial charge < -0.3 is 5.32 Å². The Morgan fingerprint density at radius 3 is 2.53 bits per heavy atom. The van der Waals surface area contributed by atoms with E-state index in [-0.39, 0.29) is 5.91 Å². The first-order chi connectivity index (χ1) is 7.25. The maximum atomic E-state index is 11.7. The molecule has 0 unspecified atom stereocenters. The Balaban J connectivity index is 2.11. The number of hydrogen-bond acceptors (Lipinski definition) is 2. The molecule has 0 spiro atoms. The van der Waals surface area contributed by atoms with E-state index < -0.39 is 0 Å². The van der Waals surface area contributed by atoms with Crippen molar-refractivity contribution in [2.45, 2.75) is 0 Å². The maximum absolute atomic E-state index is 11.7. The van der Waals surface area contributed by atoms with E-state index in [1.165, 1.54) is 0 Å². The molecule has 1 aromatic heterocycles. The number of halogens is 1. The topological polar surface area (TPSA) is 29.1 Å². The van der Waals surface area contributed by atoms with Gasteiger partial charge in [0.15, 0.2) is 0 Å². The highest BCUT2D eigenvalue weighted by atomic mass is 79.9. The molecule has 1 aromatic carbocycles. The van der Waals surface area contributed by atoms with Gasteiger partial charge in [-0.1, -0.05) is 15.9 Å². The van der Waals surface area contributed by atoms with Crippen LogP contribution in [0.3, 0.4) is 0 Å². The zero-order chi connectivity index (χ0) is 10.7. The molecule has 15 heavy (non-hydrogen) atoms. The smallest absolute Gasteiger partial charge is 0.255 e. The van der Waals surface area contributed by atoms with Gasteiger partial charge in [-0.25, -0.2) is 0 Å². The van der Waals surface area contributed by atoms with Crippen LogP contribution in [0.2, 0.25) is 0 Å². The van der Waals surface area contributed by atoms with Gasteiger partial charge in [-0.3, -0.25) is 4.79 Å². The standard InChI is InChI=1S/C11H8BrNOS/c12-9-3-1-8(2-4-9)11(14)13-10-5-6-15-7-10/h1-7H,(H,13,14). The van der Waals surface area contributed by atoms with Gasteiger partial charge in [-0.2, -0.15) is 11.3 Å².